The maximum absolute atomic E-state index is 3.37. The normalized spacial score (nSPS) is 17.8. The van der Waals surface area contributed by atoms with Crippen LogP contribution in [0, 0.1) is 0 Å². The number of nitrogens with one attached hydrogen (secondary N) is 1. The smallest absolute Gasteiger partial charge is 0.00183 e. The van der Waals surface area contributed by atoms with Gasteiger partial charge in [-0.15, -0.1) is 0 Å². The largest absolute Gasteiger partial charge is 0.317 e. The van der Waals surface area contributed by atoms with Crippen LogP contribution in [0.25, 0.3) is 0 Å². The zero-order valence-corrected chi connectivity index (χ0v) is 9.73. The van der Waals surface area contributed by atoms with E-state index in [2.05, 4.69) is 17.1 Å². The molecular weight excluding hydrogens is 172 g/mol. The fraction of sp³-hybridized carbons (Fsp3) is 1.00. The van der Waals surface area contributed by atoms with Crippen LogP contribution >= 0.6 is 0 Å². The van der Waals surface area contributed by atoms with Gasteiger partial charge in [0.1, 0.15) is 0 Å². The maximum Gasteiger partial charge on any atom is -0.00183 e. The van der Waals surface area contributed by atoms with Gasteiger partial charge in [-0.1, -0.05) is 19.8 Å². The van der Waals surface area contributed by atoms with Crippen molar-refractivity contribution < 1.29 is 0 Å². The van der Waals surface area contributed by atoms with E-state index >= 15 is 0 Å². The molecule has 0 atom stereocenters. The summed E-state index contributed by atoms with van der Waals surface area (Å²) in [6.45, 7) is 8.57. The number of unbranched alkanes of at least 4 members (excludes halogenated alkanes) is 3. The Hall–Kier alpha value is -0.0800. The molecule has 0 aromatic rings. The quantitative estimate of drug-likeness (QED) is 0.602. The average molecular weight is 198 g/mol. The van der Waals surface area contributed by atoms with E-state index in [-0.39, 0.29) is 0 Å². The highest BCUT2D eigenvalue weighted by atomic mass is 15.1. The lowest BCUT2D eigenvalue weighted by Crippen LogP contribution is -2.20. The summed E-state index contributed by atoms with van der Waals surface area (Å²) in [6, 6.07) is 0. The number of hydrogen-bond donors (Lipinski definition) is 1. The standard InChI is InChI=1S/C12H26N2/c1-2-13-9-5-3-4-6-10-14-11-7-8-12-14/h13H,2-12H2,1H3. The van der Waals surface area contributed by atoms with Gasteiger partial charge < -0.3 is 10.2 Å². The van der Waals surface area contributed by atoms with Crippen LogP contribution in [0.3, 0.4) is 0 Å². The van der Waals surface area contributed by atoms with Crippen LogP contribution < -0.4 is 5.32 Å². The van der Waals surface area contributed by atoms with Gasteiger partial charge in [-0.3, -0.25) is 0 Å². The number of nitrogens with zero attached hydrogens (tertiary/aromatic N) is 1. The minimum Gasteiger partial charge on any atom is -0.317 e. The Kier molecular flexibility index (Phi) is 7.06. The van der Waals surface area contributed by atoms with E-state index in [1.165, 1.54) is 64.7 Å². The lowest BCUT2D eigenvalue weighted by molar-refractivity contribution is 0.328. The topological polar surface area (TPSA) is 15.3 Å². The molecule has 0 aromatic carbocycles. The predicted molar refractivity (Wildman–Crippen MR) is 62.7 cm³/mol. The van der Waals surface area contributed by atoms with Crippen molar-refractivity contribution in [3.63, 3.8) is 0 Å². The highest BCUT2D eigenvalue weighted by Crippen LogP contribution is 2.09. The van der Waals surface area contributed by atoms with Gasteiger partial charge in [0, 0.05) is 0 Å². The SMILES string of the molecule is CCNCCCCCCN1CCCC1. The highest BCUT2D eigenvalue weighted by molar-refractivity contribution is 4.65. The first-order chi connectivity index (χ1) is 6.93. The summed E-state index contributed by atoms with van der Waals surface area (Å²) >= 11 is 0. The molecule has 0 aliphatic carbocycles. The molecule has 0 aromatic heterocycles. The predicted octanol–water partition coefficient (Wildman–Crippen LogP) is 2.25. The van der Waals surface area contributed by atoms with E-state index in [0.29, 0.717) is 0 Å². The molecule has 0 saturated carbocycles. The summed E-state index contributed by atoms with van der Waals surface area (Å²) in [5.41, 5.74) is 0. The zero-order valence-electron chi connectivity index (χ0n) is 9.73. The Morgan fingerprint density at radius 1 is 1.00 bits per heavy atom. The van der Waals surface area contributed by atoms with Crippen molar-refractivity contribution in [3.8, 4) is 0 Å². The molecule has 2 heteroatoms. The van der Waals surface area contributed by atoms with Crippen molar-refractivity contribution in [2.75, 3.05) is 32.7 Å². The molecule has 1 heterocycles. The molecule has 1 rings (SSSR count). The molecule has 0 bridgehead atoms. The van der Waals surface area contributed by atoms with Crippen LogP contribution in [-0.4, -0.2) is 37.6 Å². The van der Waals surface area contributed by atoms with Crippen molar-refractivity contribution in [2.45, 2.75) is 45.4 Å². The molecule has 1 aliphatic rings. The first-order valence-corrected chi connectivity index (χ1v) is 6.36. The third-order valence-corrected chi connectivity index (χ3v) is 3.03. The van der Waals surface area contributed by atoms with Crippen LogP contribution in [-0.2, 0) is 0 Å². The van der Waals surface area contributed by atoms with Gasteiger partial charge in [-0.25, -0.2) is 0 Å². The van der Waals surface area contributed by atoms with E-state index in [9.17, 15) is 0 Å². The molecule has 1 N–H and O–H groups in total. The van der Waals surface area contributed by atoms with Crippen LogP contribution in [0.5, 0.6) is 0 Å². The summed E-state index contributed by atoms with van der Waals surface area (Å²) in [6.07, 6.45) is 8.45. The molecular formula is C12H26N2. The second-order valence-electron chi connectivity index (χ2n) is 4.32. The molecule has 14 heavy (non-hydrogen) atoms. The van der Waals surface area contributed by atoms with Crippen LogP contribution in [0.2, 0.25) is 0 Å². The molecule has 1 saturated heterocycles. The van der Waals surface area contributed by atoms with Gasteiger partial charge in [0.15, 0.2) is 0 Å². The first kappa shape index (κ1) is 12.0. The average Bonchev–Trinajstić information content (AvgIpc) is 2.69. The van der Waals surface area contributed by atoms with Gasteiger partial charge in [-0.2, -0.15) is 0 Å². The van der Waals surface area contributed by atoms with Crippen LogP contribution in [0.4, 0.5) is 0 Å². The molecule has 0 spiro atoms. The molecule has 84 valence electrons. The summed E-state index contributed by atoms with van der Waals surface area (Å²) in [5.74, 6) is 0. The molecule has 0 radical (unpaired) electrons. The third kappa shape index (κ3) is 5.61. The van der Waals surface area contributed by atoms with Gasteiger partial charge in [0.05, 0.1) is 0 Å². The van der Waals surface area contributed by atoms with E-state index in [1.54, 1.807) is 0 Å². The highest BCUT2D eigenvalue weighted by Gasteiger charge is 2.09. The van der Waals surface area contributed by atoms with Crippen molar-refractivity contribution in [1.29, 1.82) is 0 Å². The number of likely N-dealkylation sites (tertiary alicyclic amines) is 1. The van der Waals surface area contributed by atoms with E-state index in [1.807, 2.05) is 0 Å². The second kappa shape index (κ2) is 8.25. The van der Waals surface area contributed by atoms with E-state index in [4.69, 9.17) is 0 Å². The van der Waals surface area contributed by atoms with Crippen molar-refractivity contribution in [1.82, 2.24) is 10.2 Å². The van der Waals surface area contributed by atoms with E-state index in [0.717, 1.165) is 6.54 Å². The Balaban J connectivity index is 1.75. The monoisotopic (exact) mass is 198 g/mol. The van der Waals surface area contributed by atoms with Crippen LogP contribution in [0.15, 0.2) is 0 Å². The van der Waals surface area contributed by atoms with Gasteiger partial charge in [-0.05, 0) is 58.4 Å². The maximum atomic E-state index is 3.37. The van der Waals surface area contributed by atoms with E-state index < -0.39 is 0 Å². The van der Waals surface area contributed by atoms with Crippen molar-refractivity contribution in [3.05, 3.63) is 0 Å². The van der Waals surface area contributed by atoms with Gasteiger partial charge in [0.25, 0.3) is 0 Å². The van der Waals surface area contributed by atoms with Gasteiger partial charge in [0.2, 0.25) is 0 Å². The minimum absolute atomic E-state index is 1.12. The fourth-order valence-electron chi connectivity index (χ4n) is 2.12. The first-order valence-electron chi connectivity index (χ1n) is 6.36. The summed E-state index contributed by atoms with van der Waals surface area (Å²) in [5, 5.41) is 3.37. The Labute approximate surface area is 89.1 Å². The molecule has 1 fully saturated rings. The Morgan fingerprint density at radius 3 is 2.43 bits per heavy atom. The number of rotatable bonds is 8. The number of hydrogen-bond acceptors (Lipinski definition) is 2. The molecule has 2 nitrogen and oxygen atoms in total. The Bertz CT molecular complexity index is 119. The fourth-order valence-corrected chi connectivity index (χ4v) is 2.12. The molecule has 0 unspecified atom stereocenters. The lowest BCUT2D eigenvalue weighted by atomic mass is 10.2. The lowest BCUT2D eigenvalue weighted by Gasteiger charge is -2.13. The van der Waals surface area contributed by atoms with Crippen molar-refractivity contribution in [2.24, 2.45) is 0 Å². The molecule has 0 amide bonds. The summed E-state index contributed by atoms with van der Waals surface area (Å²) in [7, 11) is 0. The molecule has 1 aliphatic heterocycles. The van der Waals surface area contributed by atoms with Gasteiger partial charge >= 0.3 is 0 Å². The summed E-state index contributed by atoms with van der Waals surface area (Å²) < 4.78 is 0. The zero-order chi connectivity index (χ0) is 10.1. The Morgan fingerprint density at radius 2 is 1.71 bits per heavy atom. The minimum atomic E-state index is 1.12. The van der Waals surface area contributed by atoms with Crippen molar-refractivity contribution >= 4 is 0 Å². The summed E-state index contributed by atoms with van der Waals surface area (Å²) in [4.78, 5) is 2.62. The van der Waals surface area contributed by atoms with Crippen LogP contribution in [0.1, 0.15) is 45.4 Å². The third-order valence-electron chi connectivity index (χ3n) is 3.03. The second-order valence-corrected chi connectivity index (χ2v) is 4.32.